The fraction of sp³-hybridized carbons (Fsp3) is 0.176. The lowest BCUT2D eigenvalue weighted by atomic mass is 9.96. The van der Waals surface area contributed by atoms with Gasteiger partial charge in [-0.3, -0.25) is 0 Å². The molecule has 3 aromatic rings. The van der Waals surface area contributed by atoms with E-state index in [4.69, 9.17) is 0 Å². The molecule has 4 heteroatoms. The summed E-state index contributed by atoms with van der Waals surface area (Å²) in [6, 6.07) is 10.2. The van der Waals surface area contributed by atoms with Crippen LogP contribution in [-0.4, -0.2) is 7.05 Å². The van der Waals surface area contributed by atoms with E-state index in [0.717, 1.165) is 15.6 Å². The molecular formula is C17H15F2NS. The lowest BCUT2D eigenvalue weighted by Gasteiger charge is -2.19. The number of hydrogen-bond acceptors (Lipinski definition) is 2. The minimum absolute atomic E-state index is 0.0843. The van der Waals surface area contributed by atoms with E-state index >= 15 is 0 Å². The van der Waals surface area contributed by atoms with Gasteiger partial charge in [0.1, 0.15) is 11.6 Å². The van der Waals surface area contributed by atoms with Crippen molar-refractivity contribution in [1.82, 2.24) is 5.32 Å². The van der Waals surface area contributed by atoms with E-state index in [0.29, 0.717) is 5.56 Å². The quantitative estimate of drug-likeness (QED) is 0.733. The van der Waals surface area contributed by atoms with Crippen molar-refractivity contribution in [2.24, 2.45) is 0 Å². The van der Waals surface area contributed by atoms with Crippen LogP contribution in [0.4, 0.5) is 8.78 Å². The molecule has 1 atom stereocenters. The van der Waals surface area contributed by atoms with Crippen molar-refractivity contribution in [3.8, 4) is 0 Å². The maximum atomic E-state index is 14.4. The molecule has 0 aliphatic carbocycles. The zero-order valence-corrected chi connectivity index (χ0v) is 12.6. The van der Waals surface area contributed by atoms with E-state index < -0.39 is 17.7 Å². The summed E-state index contributed by atoms with van der Waals surface area (Å²) in [5.74, 6) is -1.00. The van der Waals surface area contributed by atoms with Crippen molar-refractivity contribution in [3.05, 3.63) is 70.1 Å². The molecule has 1 N–H and O–H groups in total. The Bertz CT molecular complexity index is 795. The van der Waals surface area contributed by atoms with Crippen molar-refractivity contribution < 1.29 is 8.78 Å². The van der Waals surface area contributed by atoms with Crippen molar-refractivity contribution in [2.45, 2.75) is 13.0 Å². The summed E-state index contributed by atoms with van der Waals surface area (Å²) in [7, 11) is 1.72. The molecule has 0 aliphatic heterocycles. The van der Waals surface area contributed by atoms with E-state index in [1.807, 2.05) is 29.6 Å². The van der Waals surface area contributed by atoms with E-state index in [-0.39, 0.29) is 5.56 Å². The van der Waals surface area contributed by atoms with Crippen LogP contribution in [0, 0.1) is 18.6 Å². The molecule has 21 heavy (non-hydrogen) atoms. The van der Waals surface area contributed by atoms with E-state index in [9.17, 15) is 8.78 Å². The van der Waals surface area contributed by atoms with Gasteiger partial charge in [-0.15, -0.1) is 11.3 Å². The van der Waals surface area contributed by atoms with Crippen LogP contribution in [0.5, 0.6) is 0 Å². The normalized spacial score (nSPS) is 12.8. The maximum absolute atomic E-state index is 14.4. The number of benzene rings is 2. The average Bonchev–Trinajstić information content (AvgIpc) is 2.91. The number of halogens is 2. The molecule has 0 bridgehead atoms. The fourth-order valence-electron chi connectivity index (χ4n) is 2.62. The zero-order chi connectivity index (χ0) is 15.0. The Morgan fingerprint density at radius 1 is 1.10 bits per heavy atom. The van der Waals surface area contributed by atoms with E-state index in [2.05, 4.69) is 5.32 Å². The highest BCUT2D eigenvalue weighted by molar-refractivity contribution is 7.17. The van der Waals surface area contributed by atoms with Gasteiger partial charge in [-0.2, -0.15) is 0 Å². The molecule has 0 radical (unpaired) electrons. The number of fused-ring (bicyclic) bond motifs is 1. The molecule has 2 aromatic carbocycles. The Morgan fingerprint density at radius 3 is 2.62 bits per heavy atom. The van der Waals surface area contributed by atoms with Crippen LogP contribution >= 0.6 is 11.3 Å². The second kappa shape index (κ2) is 5.54. The van der Waals surface area contributed by atoms with Crippen LogP contribution < -0.4 is 5.32 Å². The monoisotopic (exact) mass is 303 g/mol. The van der Waals surface area contributed by atoms with E-state index in [1.165, 1.54) is 12.1 Å². The SMILES string of the molecule is CNC(c1c(F)ccc(C)c1F)c1csc2ccccc12. The van der Waals surface area contributed by atoms with Gasteiger partial charge < -0.3 is 5.32 Å². The first-order chi connectivity index (χ1) is 10.1. The lowest BCUT2D eigenvalue weighted by Crippen LogP contribution is -2.20. The van der Waals surface area contributed by atoms with Crippen LogP contribution in [0.3, 0.4) is 0 Å². The van der Waals surface area contributed by atoms with Crippen molar-refractivity contribution >= 4 is 21.4 Å². The fourth-order valence-corrected chi connectivity index (χ4v) is 3.61. The standard InChI is InChI=1S/C17H15F2NS/c1-10-7-8-13(18)15(16(10)19)17(20-2)12-9-21-14-6-4-3-5-11(12)14/h3-9,17,20H,1-2H3. The summed E-state index contributed by atoms with van der Waals surface area (Å²) in [4.78, 5) is 0. The number of thiophene rings is 1. The summed E-state index contributed by atoms with van der Waals surface area (Å²) >= 11 is 1.58. The minimum atomic E-state index is -0.521. The predicted molar refractivity (Wildman–Crippen MR) is 83.8 cm³/mol. The first-order valence-corrected chi connectivity index (χ1v) is 7.59. The molecule has 1 heterocycles. The molecular weight excluding hydrogens is 288 g/mol. The second-order valence-electron chi connectivity index (χ2n) is 5.00. The number of rotatable bonds is 3. The van der Waals surface area contributed by atoms with Crippen molar-refractivity contribution in [3.63, 3.8) is 0 Å². The molecule has 3 rings (SSSR count). The third-order valence-corrected chi connectivity index (χ3v) is 4.70. The van der Waals surface area contributed by atoms with Gasteiger partial charge in [0.15, 0.2) is 0 Å². The molecule has 0 amide bonds. The summed E-state index contributed by atoms with van der Waals surface area (Å²) in [5.41, 5.74) is 1.44. The Morgan fingerprint density at radius 2 is 1.86 bits per heavy atom. The predicted octanol–water partition coefficient (Wildman–Crippen LogP) is 4.80. The molecule has 108 valence electrons. The topological polar surface area (TPSA) is 12.0 Å². The molecule has 0 aliphatic rings. The van der Waals surface area contributed by atoms with Gasteiger partial charge in [-0.25, -0.2) is 8.78 Å². The second-order valence-corrected chi connectivity index (χ2v) is 5.91. The molecule has 1 aromatic heterocycles. The minimum Gasteiger partial charge on any atom is -0.309 e. The Balaban J connectivity index is 2.22. The van der Waals surface area contributed by atoms with Gasteiger partial charge in [-0.05, 0) is 48.0 Å². The average molecular weight is 303 g/mol. The zero-order valence-electron chi connectivity index (χ0n) is 11.8. The summed E-state index contributed by atoms with van der Waals surface area (Å²) in [6.45, 7) is 1.65. The molecule has 1 unspecified atom stereocenters. The number of aryl methyl sites for hydroxylation is 1. The van der Waals surface area contributed by atoms with Crippen LogP contribution in [-0.2, 0) is 0 Å². The van der Waals surface area contributed by atoms with Crippen molar-refractivity contribution in [1.29, 1.82) is 0 Å². The summed E-state index contributed by atoms with van der Waals surface area (Å²) in [5, 5.41) is 6.04. The summed E-state index contributed by atoms with van der Waals surface area (Å²) < 4.78 is 29.7. The van der Waals surface area contributed by atoms with Crippen molar-refractivity contribution in [2.75, 3.05) is 7.05 Å². The van der Waals surface area contributed by atoms with Crippen LogP contribution in [0.15, 0.2) is 41.8 Å². The third-order valence-electron chi connectivity index (χ3n) is 3.72. The number of nitrogens with one attached hydrogen (secondary N) is 1. The maximum Gasteiger partial charge on any atom is 0.134 e. The molecule has 0 spiro atoms. The molecule has 1 nitrogen and oxygen atoms in total. The molecule has 0 saturated carbocycles. The number of hydrogen-bond donors (Lipinski definition) is 1. The van der Waals surface area contributed by atoms with Crippen LogP contribution in [0.2, 0.25) is 0 Å². The van der Waals surface area contributed by atoms with Crippen LogP contribution in [0.1, 0.15) is 22.7 Å². The first kappa shape index (κ1) is 14.2. The Hall–Kier alpha value is -1.78. The van der Waals surface area contributed by atoms with Gasteiger partial charge >= 0.3 is 0 Å². The van der Waals surface area contributed by atoms with Crippen LogP contribution in [0.25, 0.3) is 10.1 Å². The highest BCUT2D eigenvalue weighted by Gasteiger charge is 2.24. The Kier molecular flexibility index (Phi) is 3.74. The van der Waals surface area contributed by atoms with Gasteiger partial charge in [0, 0.05) is 10.3 Å². The van der Waals surface area contributed by atoms with Gasteiger partial charge in [0.2, 0.25) is 0 Å². The molecule has 0 saturated heterocycles. The molecule has 0 fully saturated rings. The first-order valence-electron chi connectivity index (χ1n) is 6.71. The highest BCUT2D eigenvalue weighted by Crippen LogP contribution is 2.35. The highest BCUT2D eigenvalue weighted by atomic mass is 32.1. The summed E-state index contributed by atoms with van der Waals surface area (Å²) in [6.07, 6.45) is 0. The lowest BCUT2D eigenvalue weighted by molar-refractivity contribution is 0.519. The smallest absolute Gasteiger partial charge is 0.134 e. The van der Waals surface area contributed by atoms with Gasteiger partial charge in [-0.1, -0.05) is 24.3 Å². The van der Waals surface area contributed by atoms with E-state index in [1.54, 1.807) is 25.3 Å². The third kappa shape index (κ3) is 2.34. The Labute approximate surface area is 126 Å². The van der Waals surface area contributed by atoms with Gasteiger partial charge in [0.25, 0.3) is 0 Å². The van der Waals surface area contributed by atoms with Gasteiger partial charge in [0.05, 0.1) is 6.04 Å². The largest absolute Gasteiger partial charge is 0.309 e.